The molecular weight excluding hydrogens is 240 g/mol. The van der Waals surface area contributed by atoms with Crippen LogP contribution in [0.4, 0.5) is 5.69 Å². The van der Waals surface area contributed by atoms with Gasteiger partial charge in [0.2, 0.25) is 0 Å². The van der Waals surface area contributed by atoms with Crippen LogP contribution in [-0.2, 0) is 6.42 Å². The Kier molecular flexibility index (Phi) is 3.33. The van der Waals surface area contributed by atoms with Crippen molar-refractivity contribution in [2.45, 2.75) is 31.6 Å². The molecule has 0 saturated heterocycles. The molecular formula is C15H18N2S. The smallest absolute Gasteiger partial charge is 0.0972 e. The summed E-state index contributed by atoms with van der Waals surface area (Å²) in [6.07, 6.45) is 5.00. The van der Waals surface area contributed by atoms with Gasteiger partial charge in [-0.1, -0.05) is 18.6 Å². The molecule has 1 aromatic carbocycles. The lowest BCUT2D eigenvalue weighted by Crippen LogP contribution is -2.08. The Labute approximate surface area is 112 Å². The summed E-state index contributed by atoms with van der Waals surface area (Å²) in [5.74, 6) is 0.752. The molecule has 0 bridgehead atoms. The first-order valence-electron chi connectivity index (χ1n) is 6.56. The zero-order valence-electron chi connectivity index (χ0n) is 10.6. The highest BCUT2D eigenvalue weighted by molar-refractivity contribution is 7.09. The van der Waals surface area contributed by atoms with Crippen LogP contribution in [-0.4, -0.2) is 12.0 Å². The summed E-state index contributed by atoms with van der Waals surface area (Å²) in [5, 5.41) is 6.63. The minimum absolute atomic E-state index is 0.752. The normalized spacial score (nSPS) is 15.4. The number of anilines is 1. The Morgan fingerprint density at radius 1 is 1.28 bits per heavy atom. The molecule has 94 valence electrons. The molecule has 1 heterocycles. The molecule has 1 saturated carbocycles. The van der Waals surface area contributed by atoms with E-state index in [0.717, 1.165) is 18.0 Å². The predicted molar refractivity (Wildman–Crippen MR) is 77.5 cm³/mol. The van der Waals surface area contributed by atoms with Gasteiger partial charge in [-0.25, -0.2) is 4.98 Å². The summed E-state index contributed by atoms with van der Waals surface area (Å²) in [5.41, 5.74) is 3.82. The molecule has 0 atom stereocenters. The van der Waals surface area contributed by atoms with Crippen molar-refractivity contribution < 1.29 is 0 Å². The highest BCUT2D eigenvalue weighted by Crippen LogP contribution is 2.36. The minimum atomic E-state index is 0.752. The summed E-state index contributed by atoms with van der Waals surface area (Å²) >= 11 is 1.81. The molecule has 2 nitrogen and oxygen atoms in total. The molecule has 1 N–H and O–H groups in total. The highest BCUT2D eigenvalue weighted by atomic mass is 32.1. The van der Waals surface area contributed by atoms with E-state index in [4.69, 9.17) is 4.98 Å². The van der Waals surface area contributed by atoms with Gasteiger partial charge in [0, 0.05) is 30.5 Å². The molecule has 0 aliphatic heterocycles. The quantitative estimate of drug-likeness (QED) is 0.895. The van der Waals surface area contributed by atoms with Gasteiger partial charge in [-0.15, -0.1) is 11.3 Å². The number of nitrogens with one attached hydrogen (secondary N) is 1. The number of rotatable bonds is 4. The molecule has 1 fully saturated rings. The molecule has 3 heteroatoms. The van der Waals surface area contributed by atoms with Crippen molar-refractivity contribution in [3.05, 3.63) is 45.9 Å². The molecule has 0 amide bonds. The maximum Gasteiger partial charge on any atom is 0.0972 e. The SMILES string of the molecule is CNc1ccc(Cc2nc(C3CCC3)cs2)cc1. The Morgan fingerprint density at radius 2 is 2.06 bits per heavy atom. The molecule has 18 heavy (non-hydrogen) atoms. The van der Waals surface area contributed by atoms with Crippen molar-refractivity contribution in [1.29, 1.82) is 0 Å². The van der Waals surface area contributed by atoms with Gasteiger partial charge < -0.3 is 5.32 Å². The largest absolute Gasteiger partial charge is 0.388 e. The van der Waals surface area contributed by atoms with E-state index in [2.05, 4.69) is 35.0 Å². The third kappa shape index (κ3) is 2.41. The third-order valence-electron chi connectivity index (χ3n) is 3.69. The number of hydrogen-bond acceptors (Lipinski definition) is 3. The summed E-state index contributed by atoms with van der Waals surface area (Å²) in [4.78, 5) is 4.77. The molecule has 2 aromatic rings. The Hall–Kier alpha value is -1.35. The van der Waals surface area contributed by atoms with Crippen LogP contribution in [0.25, 0.3) is 0 Å². The van der Waals surface area contributed by atoms with Gasteiger partial charge in [0.05, 0.1) is 10.7 Å². The predicted octanol–water partition coefficient (Wildman–Crippen LogP) is 4.04. The van der Waals surface area contributed by atoms with Gasteiger partial charge in [0.25, 0.3) is 0 Å². The van der Waals surface area contributed by atoms with Crippen molar-refractivity contribution in [2.24, 2.45) is 0 Å². The van der Waals surface area contributed by atoms with Crippen LogP contribution in [0.2, 0.25) is 0 Å². The lowest BCUT2D eigenvalue weighted by molar-refractivity contribution is 0.412. The lowest BCUT2D eigenvalue weighted by Gasteiger charge is -2.22. The highest BCUT2D eigenvalue weighted by Gasteiger charge is 2.21. The van der Waals surface area contributed by atoms with Gasteiger partial charge in [-0.05, 0) is 30.5 Å². The van der Waals surface area contributed by atoms with E-state index in [1.807, 2.05) is 7.05 Å². The summed E-state index contributed by atoms with van der Waals surface area (Å²) in [6, 6.07) is 8.60. The van der Waals surface area contributed by atoms with Crippen molar-refractivity contribution in [3.63, 3.8) is 0 Å². The first kappa shape index (κ1) is 11.7. The Morgan fingerprint density at radius 3 is 2.67 bits per heavy atom. The van der Waals surface area contributed by atoms with Gasteiger partial charge in [-0.2, -0.15) is 0 Å². The zero-order valence-corrected chi connectivity index (χ0v) is 11.5. The van der Waals surface area contributed by atoms with Crippen molar-refractivity contribution in [2.75, 3.05) is 12.4 Å². The molecule has 0 spiro atoms. The number of nitrogens with zero attached hydrogens (tertiary/aromatic N) is 1. The summed E-state index contributed by atoms with van der Waals surface area (Å²) in [6.45, 7) is 0. The molecule has 1 aliphatic rings. The van der Waals surface area contributed by atoms with Crippen molar-refractivity contribution in [3.8, 4) is 0 Å². The van der Waals surface area contributed by atoms with E-state index < -0.39 is 0 Å². The molecule has 1 aliphatic carbocycles. The molecule has 0 radical (unpaired) electrons. The second kappa shape index (κ2) is 5.11. The van der Waals surface area contributed by atoms with E-state index in [-0.39, 0.29) is 0 Å². The molecule has 3 rings (SSSR count). The zero-order chi connectivity index (χ0) is 12.4. The average Bonchev–Trinajstić information content (AvgIpc) is 2.76. The van der Waals surface area contributed by atoms with Crippen LogP contribution in [0.1, 0.15) is 41.4 Å². The topological polar surface area (TPSA) is 24.9 Å². The fraction of sp³-hybridized carbons (Fsp3) is 0.400. The second-order valence-corrected chi connectivity index (χ2v) is 5.86. The maximum absolute atomic E-state index is 4.77. The van der Waals surface area contributed by atoms with Crippen LogP contribution in [0.5, 0.6) is 0 Å². The summed E-state index contributed by atoms with van der Waals surface area (Å²) < 4.78 is 0. The fourth-order valence-corrected chi connectivity index (χ4v) is 3.17. The monoisotopic (exact) mass is 258 g/mol. The maximum atomic E-state index is 4.77. The van der Waals surface area contributed by atoms with Crippen LogP contribution in [0.15, 0.2) is 29.6 Å². The molecule has 0 unspecified atom stereocenters. The van der Waals surface area contributed by atoms with Crippen molar-refractivity contribution >= 4 is 17.0 Å². The average molecular weight is 258 g/mol. The first-order valence-corrected chi connectivity index (χ1v) is 7.44. The number of hydrogen-bond donors (Lipinski definition) is 1. The standard InChI is InChI=1S/C15H18N2S/c1-16-13-7-5-11(6-8-13)9-15-17-14(10-18-15)12-3-2-4-12/h5-8,10,12,16H,2-4,9H2,1H3. The van der Waals surface area contributed by atoms with Gasteiger partial charge in [0.15, 0.2) is 0 Å². The van der Waals surface area contributed by atoms with Gasteiger partial charge in [0.1, 0.15) is 0 Å². The van der Waals surface area contributed by atoms with Crippen LogP contribution < -0.4 is 5.32 Å². The van der Waals surface area contributed by atoms with Crippen molar-refractivity contribution in [1.82, 2.24) is 4.98 Å². The van der Waals surface area contributed by atoms with E-state index in [0.29, 0.717) is 0 Å². The fourth-order valence-electron chi connectivity index (χ4n) is 2.26. The Balaban J connectivity index is 1.69. The first-order chi connectivity index (χ1) is 8.85. The van der Waals surface area contributed by atoms with E-state index >= 15 is 0 Å². The number of aromatic nitrogens is 1. The lowest BCUT2D eigenvalue weighted by atomic mass is 9.83. The van der Waals surface area contributed by atoms with Gasteiger partial charge in [-0.3, -0.25) is 0 Å². The van der Waals surface area contributed by atoms with E-state index in [9.17, 15) is 0 Å². The van der Waals surface area contributed by atoms with Crippen LogP contribution in [0.3, 0.4) is 0 Å². The minimum Gasteiger partial charge on any atom is -0.388 e. The Bertz CT molecular complexity index is 512. The molecule has 1 aromatic heterocycles. The van der Waals surface area contributed by atoms with Gasteiger partial charge >= 0.3 is 0 Å². The number of thiazole rings is 1. The van der Waals surface area contributed by atoms with E-state index in [1.54, 1.807) is 11.3 Å². The second-order valence-electron chi connectivity index (χ2n) is 4.92. The number of benzene rings is 1. The van der Waals surface area contributed by atoms with Crippen LogP contribution in [0, 0.1) is 0 Å². The van der Waals surface area contributed by atoms with E-state index in [1.165, 1.54) is 35.5 Å². The third-order valence-corrected chi connectivity index (χ3v) is 4.56. The summed E-state index contributed by atoms with van der Waals surface area (Å²) in [7, 11) is 1.95. The van der Waals surface area contributed by atoms with Crippen LogP contribution >= 0.6 is 11.3 Å².